The minimum atomic E-state index is -3.58. The smallest absolute Gasteiger partial charge is 0.229 e. The summed E-state index contributed by atoms with van der Waals surface area (Å²) in [7, 11) is 0.369. The molecule has 5 aromatic rings. The summed E-state index contributed by atoms with van der Waals surface area (Å²) in [5, 5.41) is 11.7. The van der Waals surface area contributed by atoms with Gasteiger partial charge >= 0.3 is 0 Å². The summed E-state index contributed by atoms with van der Waals surface area (Å²) in [5.41, 5.74) is 5.48. The van der Waals surface area contributed by atoms with Gasteiger partial charge in [-0.1, -0.05) is 42.5 Å². The Morgan fingerprint density at radius 1 is 0.950 bits per heavy atom. The van der Waals surface area contributed by atoms with Crippen LogP contribution in [0.15, 0.2) is 85.1 Å². The van der Waals surface area contributed by atoms with Crippen LogP contribution in [0.25, 0.3) is 11.0 Å². The third kappa shape index (κ3) is 7.06. The highest BCUT2D eigenvalue weighted by molar-refractivity contribution is 7.88. The number of hydrogen-bond acceptors (Lipinski definition) is 8. The van der Waals surface area contributed by atoms with Crippen LogP contribution in [-0.2, 0) is 29.2 Å². The van der Waals surface area contributed by atoms with Crippen molar-refractivity contribution in [3.63, 3.8) is 0 Å². The second-order valence-corrected chi connectivity index (χ2v) is 10.9. The first-order valence-electron chi connectivity index (χ1n) is 12.4. The van der Waals surface area contributed by atoms with E-state index in [9.17, 15) is 8.42 Å². The van der Waals surface area contributed by atoms with E-state index in [1.807, 2.05) is 43.3 Å². The zero-order chi connectivity index (χ0) is 27.4. The fraction of sp³-hybridized carbons (Fsp3) is 0.179. The Morgan fingerprint density at radius 3 is 2.42 bits per heavy atom. The molecule has 3 aromatic carbocycles. The van der Waals surface area contributed by atoms with E-state index in [1.165, 1.54) is 5.56 Å². The monoisotopic (exact) mass is 578 g/mol. The molecule has 0 aliphatic carbocycles. The van der Waals surface area contributed by atoms with Crippen molar-refractivity contribution in [1.82, 2.24) is 19.5 Å². The number of benzene rings is 3. The van der Waals surface area contributed by atoms with Crippen LogP contribution in [-0.4, -0.2) is 41.5 Å². The molecule has 40 heavy (non-hydrogen) atoms. The molecule has 0 spiro atoms. The molecule has 10 nitrogen and oxygen atoms in total. The van der Waals surface area contributed by atoms with Gasteiger partial charge in [0.05, 0.1) is 16.8 Å². The van der Waals surface area contributed by atoms with Crippen LogP contribution in [0.2, 0.25) is 0 Å². The van der Waals surface area contributed by atoms with Gasteiger partial charge in [0.15, 0.2) is 0 Å². The lowest BCUT2D eigenvalue weighted by molar-refractivity contribution is 0.597. The van der Waals surface area contributed by atoms with Crippen molar-refractivity contribution in [1.29, 1.82) is 0 Å². The van der Waals surface area contributed by atoms with Crippen LogP contribution < -0.4 is 20.7 Å². The van der Waals surface area contributed by atoms with E-state index in [4.69, 9.17) is 10.1 Å². The molecule has 0 unspecified atom stereocenters. The van der Waals surface area contributed by atoms with Gasteiger partial charge in [-0.3, -0.25) is 0 Å². The molecular formula is C28H31ClN8O2S. The normalized spacial score (nSPS) is 11.2. The number of sulfonamides is 1. The third-order valence-electron chi connectivity index (χ3n) is 6.35. The van der Waals surface area contributed by atoms with Gasteiger partial charge in [0.25, 0.3) is 0 Å². The number of fused-ring (bicyclic) bond motifs is 1. The maximum Gasteiger partial charge on any atom is 0.229 e. The average Bonchev–Trinajstić information content (AvgIpc) is 3.24. The first-order chi connectivity index (χ1) is 18.7. The molecule has 0 aliphatic heterocycles. The summed E-state index contributed by atoms with van der Waals surface area (Å²) in [6.45, 7) is 0.791. The lowest BCUT2D eigenvalue weighted by Crippen LogP contribution is -2.14. The van der Waals surface area contributed by atoms with Crippen LogP contribution in [0.3, 0.4) is 0 Å². The van der Waals surface area contributed by atoms with Crippen LogP contribution in [0.5, 0.6) is 0 Å². The maximum atomic E-state index is 11.3. The molecule has 4 N–H and O–H groups in total. The summed E-state index contributed by atoms with van der Waals surface area (Å²) in [6.07, 6.45) is 2.60. The molecule has 0 bridgehead atoms. The van der Waals surface area contributed by atoms with Crippen molar-refractivity contribution in [2.75, 3.05) is 29.1 Å². The topological polar surface area (TPSA) is 131 Å². The molecule has 12 heteroatoms. The van der Waals surface area contributed by atoms with Gasteiger partial charge in [0.2, 0.25) is 21.9 Å². The number of imidazole rings is 1. The Morgan fingerprint density at radius 2 is 1.70 bits per heavy atom. The molecule has 2 heterocycles. The molecule has 0 amide bonds. The molecule has 0 saturated heterocycles. The second-order valence-electron chi connectivity index (χ2n) is 9.26. The quantitative estimate of drug-likeness (QED) is 0.216. The average molecular weight is 579 g/mol. The largest absolute Gasteiger partial charge is 0.355 e. The lowest BCUT2D eigenvalue weighted by Gasteiger charge is -2.19. The number of nitrogens with one attached hydrogen (secondary N) is 2. The van der Waals surface area contributed by atoms with Crippen molar-refractivity contribution >= 4 is 62.6 Å². The number of nitrogens with two attached hydrogens (primary N) is 1. The van der Waals surface area contributed by atoms with E-state index >= 15 is 0 Å². The minimum absolute atomic E-state index is 0. The van der Waals surface area contributed by atoms with E-state index in [2.05, 4.69) is 55.5 Å². The highest BCUT2D eigenvalue weighted by Crippen LogP contribution is 2.28. The highest BCUT2D eigenvalue weighted by atomic mass is 35.5. The molecule has 0 atom stereocenters. The van der Waals surface area contributed by atoms with Gasteiger partial charge in [-0.25, -0.2) is 23.5 Å². The molecular weight excluding hydrogens is 548 g/mol. The number of halogens is 1. The SMILES string of the molecule is CN(c1ccc2c(c1)nc(NCCc1ccccc1)n2C)c1ccnc(Nc2ccc(CS(N)(=O)=O)cc2)n1.Cl. The molecule has 5 rings (SSSR count). The van der Waals surface area contributed by atoms with Gasteiger partial charge in [0, 0.05) is 38.2 Å². The lowest BCUT2D eigenvalue weighted by atomic mass is 10.1. The number of primary sulfonamides is 1. The zero-order valence-corrected chi connectivity index (χ0v) is 23.8. The van der Waals surface area contributed by atoms with E-state index in [0.29, 0.717) is 17.3 Å². The van der Waals surface area contributed by atoms with Gasteiger partial charge in [0.1, 0.15) is 5.82 Å². The number of anilines is 5. The van der Waals surface area contributed by atoms with Crippen molar-refractivity contribution in [3.05, 3.63) is 96.2 Å². The molecule has 0 aliphatic rings. The van der Waals surface area contributed by atoms with Gasteiger partial charge < -0.3 is 20.1 Å². The van der Waals surface area contributed by atoms with E-state index in [1.54, 1.807) is 30.5 Å². The van der Waals surface area contributed by atoms with Crippen molar-refractivity contribution in [2.45, 2.75) is 12.2 Å². The molecule has 208 valence electrons. The van der Waals surface area contributed by atoms with Crippen molar-refractivity contribution in [2.24, 2.45) is 12.2 Å². The standard InChI is InChI=1S/C28H30N8O2S.ClH/c1-35(26-15-17-30-27(34-26)32-22-10-8-21(9-11-22)19-39(29,37)38)23-12-13-25-24(18-23)33-28(36(25)2)31-16-14-20-6-4-3-5-7-20;/h3-13,15,17-18H,14,16,19H2,1-2H3,(H,31,33)(H2,29,37,38)(H,30,32,34);1H. The van der Waals surface area contributed by atoms with E-state index < -0.39 is 10.0 Å². The minimum Gasteiger partial charge on any atom is -0.355 e. The van der Waals surface area contributed by atoms with Gasteiger partial charge in [-0.05, 0) is 53.9 Å². The number of hydrogen-bond donors (Lipinski definition) is 3. The van der Waals surface area contributed by atoms with Crippen LogP contribution in [0.4, 0.5) is 29.1 Å². The van der Waals surface area contributed by atoms with E-state index in [0.717, 1.165) is 41.3 Å². The molecule has 0 saturated carbocycles. The number of aryl methyl sites for hydroxylation is 1. The predicted octanol–water partition coefficient (Wildman–Crippen LogP) is 4.74. The van der Waals surface area contributed by atoms with E-state index in [-0.39, 0.29) is 18.2 Å². The summed E-state index contributed by atoms with van der Waals surface area (Å²) in [4.78, 5) is 15.8. The fourth-order valence-corrected chi connectivity index (χ4v) is 4.95. The summed E-state index contributed by atoms with van der Waals surface area (Å²) in [5.74, 6) is 1.73. The van der Waals surface area contributed by atoms with Crippen LogP contribution in [0.1, 0.15) is 11.1 Å². The van der Waals surface area contributed by atoms with Gasteiger partial charge in [-0.15, -0.1) is 12.4 Å². The maximum absolute atomic E-state index is 11.3. The Balaban J connectivity index is 0.00000370. The van der Waals surface area contributed by atoms with Gasteiger partial charge in [-0.2, -0.15) is 4.98 Å². The fourth-order valence-electron chi connectivity index (χ4n) is 4.29. The number of nitrogens with zero attached hydrogens (tertiary/aromatic N) is 5. The predicted molar refractivity (Wildman–Crippen MR) is 163 cm³/mol. The molecule has 0 radical (unpaired) electrons. The summed E-state index contributed by atoms with van der Waals surface area (Å²) >= 11 is 0. The number of aromatic nitrogens is 4. The van der Waals surface area contributed by atoms with Crippen LogP contribution >= 0.6 is 12.4 Å². The van der Waals surface area contributed by atoms with Crippen LogP contribution in [0, 0.1) is 0 Å². The molecule has 0 fully saturated rings. The number of rotatable bonds is 10. The third-order valence-corrected chi connectivity index (χ3v) is 7.09. The zero-order valence-electron chi connectivity index (χ0n) is 22.2. The second kappa shape index (κ2) is 12.3. The highest BCUT2D eigenvalue weighted by Gasteiger charge is 2.13. The Kier molecular flexibility index (Phi) is 8.88. The molecule has 2 aromatic heterocycles. The Bertz CT molecular complexity index is 1690. The van der Waals surface area contributed by atoms with Crippen molar-refractivity contribution in [3.8, 4) is 0 Å². The Hall–Kier alpha value is -4.19. The van der Waals surface area contributed by atoms with Crippen molar-refractivity contribution < 1.29 is 8.42 Å². The summed E-state index contributed by atoms with van der Waals surface area (Å²) in [6, 6.07) is 25.3. The first kappa shape index (κ1) is 28.8. The Labute approximate surface area is 239 Å². The summed E-state index contributed by atoms with van der Waals surface area (Å²) < 4.78 is 24.7. The first-order valence-corrected chi connectivity index (χ1v) is 14.1.